The summed E-state index contributed by atoms with van der Waals surface area (Å²) in [6.07, 6.45) is 1.67. The number of nitrogens with zero attached hydrogens (tertiary/aromatic N) is 1. The number of benzene rings is 2. The minimum atomic E-state index is -0.782. The van der Waals surface area contributed by atoms with E-state index in [2.05, 4.69) is 10.6 Å². The minimum Gasteiger partial charge on any atom is -0.360 e. The molecule has 142 valence electrons. The number of carbonyl (C=O) groups excluding carboxylic acids is 2. The predicted molar refractivity (Wildman–Crippen MR) is 103 cm³/mol. The summed E-state index contributed by atoms with van der Waals surface area (Å²) in [5, 5.41) is 5.36. The molecule has 0 fully saturated rings. The number of anilines is 1. The third-order valence-electron chi connectivity index (χ3n) is 4.92. The molecular formula is C21H24FN3O2. The summed E-state index contributed by atoms with van der Waals surface area (Å²) in [4.78, 5) is 26.7. The molecule has 6 heteroatoms. The normalized spacial score (nSPS) is 14.3. The first-order valence-corrected chi connectivity index (χ1v) is 9.10. The zero-order valence-electron chi connectivity index (χ0n) is 15.6. The Bertz CT molecular complexity index is 839. The molecule has 0 spiro atoms. The average Bonchev–Trinajstić information content (AvgIpc) is 2.69. The lowest BCUT2D eigenvalue weighted by atomic mass is 9.96. The molecule has 1 heterocycles. The van der Waals surface area contributed by atoms with E-state index in [-0.39, 0.29) is 24.2 Å². The molecule has 0 bridgehead atoms. The van der Waals surface area contributed by atoms with Gasteiger partial charge in [0.05, 0.1) is 12.2 Å². The molecule has 0 saturated heterocycles. The maximum absolute atomic E-state index is 14.4. The SMILES string of the molecule is CNC(=O)C(NC(=O)CN1CCCc2c(C)ccc(F)c21)c1ccccc1. The van der Waals surface area contributed by atoms with Gasteiger partial charge in [0.15, 0.2) is 0 Å². The predicted octanol–water partition coefficient (Wildman–Crippen LogP) is 2.49. The number of likely N-dealkylation sites (N-methyl/N-ethyl adjacent to an activating group) is 1. The van der Waals surface area contributed by atoms with Gasteiger partial charge in [-0.15, -0.1) is 0 Å². The highest BCUT2D eigenvalue weighted by Crippen LogP contribution is 2.32. The van der Waals surface area contributed by atoms with Crippen molar-refractivity contribution in [3.05, 3.63) is 65.0 Å². The zero-order chi connectivity index (χ0) is 19.4. The lowest BCUT2D eigenvalue weighted by Crippen LogP contribution is -2.45. The van der Waals surface area contributed by atoms with Crippen molar-refractivity contribution in [2.75, 3.05) is 25.0 Å². The standard InChI is InChI=1S/C21H24FN3O2/c1-14-10-11-17(22)20-16(14)9-6-12-25(20)13-18(26)24-19(21(27)23-2)15-7-4-3-5-8-15/h3-5,7-8,10-11,19H,6,9,12-13H2,1-2H3,(H,23,27)(H,24,26). The van der Waals surface area contributed by atoms with Crippen LogP contribution in [0.5, 0.6) is 0 Å². The van der Waals surface area contributed by atoms with E-state index in [1.54, 1.807) is 23.1 Å². The van der Waals surface area contributed by atoms with Gasteiger partial charge in [0, 0.05) is 13.6 Å². The fourth-order valence-electron chi connectivity index (χ4n) is 3.55. The lowest BCUT2D eigenvalue weighted by Gasteiger charge is -2.32. The van der Waals surface area contributed by atoms with Crippen LogP contribution in [-0.4, -0.2) is 32.0 Å². The van der Waals surface area contributed by atoms with Gasteiger partial charge >= 0.3 is 0 Å². The number of amides is 2. The van der Waals surface area contributed by atoms with Crippen LogP contribution in [0.25, 0.3) is 0 Å². The van der Waals surface area contributed by atoms with Gasteiger partial charge in [-0.1, -0.05) is 36.4 Å². The molecule has 1 aliphatic heterocycles. The number of fused-ring (bicyclic) bond motifs is 1. The lowest BCUT2D eigenvalue weighted by molar-refractivity contribution is -0.128. The van der Waals surface area contributed by atoms with Crippen LogP contribution >= 0.6 is 0 Å². The third kappa shape index (κ3) is 4.10. The monoisotopic (exact) mass is 369 g/mol. The topological polar surface area (TPSA) is 61.4 Å². The van der Waals surface area contributed by atoms with Crippen molar-refractivity contribution in [2.45, 2.75) is 25.8 Å². The summed E-state index contributed by atoms with van der Waals surface area (Å²) in [5.41, 5.74) is 3.20. The van der Waals surface area contributed by atoms with Crippen molar-refractivity contribution in [2.24, 2.45) is 0 Å². The van der Waals surface area contributed by atoms with E-state index >= 15 is 0 Å². The first-order valence-electron chi connectivity index (χ1n) is 9.10. The van der Waals surface area contributed by atoms with Gasteiger partial charge in [-0.2, -0.15) is 0 Å². The van der Waals surface area contributed by atoms with Crippen molar-refractivity contribution >= 4 is 17.5 Å². The fraction of sp³-hybridized carbons (Fsp3) is 0.333. The van der Waals surface area contributed by atoms with Crippen molar-refractivity contribution in [1.29, 1.82) is 0 Å². The highest BCUT2D eigenvalue weighted by Gasteiger charge is 2.26. The molecule has 1 aliphatic rings. The summed E-state index contributed by atoms with van der Waals surface area (Å²) < 4.78 is 14.4. The molecule has 2 aromatic carbocycles. The third-order valence-corrected chi connectivity index (χ3v) is 4.92. The van der Waals surface area contributed by atoms with Gasteiger partial charge in [0.25, 0.3) is 0 Å². The summed E-state index contributed by atoms with van der Waals surface area (Å²) in [6, 6.07) is 11.5. The Morgan fingerprint density at radius 2 is 1.93 bits per heavy atom. The van der Waals surface area contributed by atoms with Crippen molar-refractivity contribution in [1.82, 2.24) is 10.6 Å². The van der Waals surface area contributed by atoms with E-state index < -0.39 is 6.04 Å². The van der Waals surface area contributed by atoms with Crippen LogP contribution in [0.15, 0.2) is 42.5 Å². The first kappa shape index (κ1) is 18.9. The Kier molecular flexibility index (Phi) is 5.74. The molecule has 27 heavy (non-hydrogen) atoms. The highest BCUT2D eigenvalue weighted by molar-refractivity contribution is 5.90. The molecule has 2 aromatic rings. The average molecular weight is 369 g/mol. The second kappa shape index (κ2) is 8.20. The number of hydrogen-bond acceptors (Lipinski definition) is 3. The van der Waals surface area contributed by atoms with Gasteiger partial charge in [-0.05, 0) is 42.5 Å². The molecule has 5 nitrogen and oxygen atoms in total. The molecule has 2 N–H and O–H groups in total. The number of nitrogens with one attached hydrogen (secondary N) is 2. The summed E-state index contributed by atoms with van der Waals surface area (Å²) in [5.74, 6) is -0.925. The van der Waals surface area contributed by atoms with Crippen molar-refractivity contribution in [3.8, 4) is 0 Å². The molecule has 1 unspecified atom stereocenters. The Labute approximate surface area is 158 Å². The van der Waals surface area contributed by atoms with Gasteiger partial charge in [-0.25, -0.2) is 4.39 Å². The first-order chi connectivity index (χ1) is 13.0. The Balaban J connectivity index is 1.78. The van der Waals surface area contributed by atoms with Gasteiger partial charge in [0.1, 0.15) is 11.9 Å². The number of carbonyl (C=O) groups is 2. The smallest absolute Gasteiger partial charge is 0.246 e. The van der Waals surface area contributed by atoms with E-state index in [4.69, 9.17) is 0 Å². The highest BCUT2D eigenvalue weighted by atomic mass is 19.1. The number of aryl methyl sites for hydroxylation is 1. The molecule has 2 amide bonds. The second-order valence-corrected chi connectivity index (χ2v) is 6.74. The van der Waals surface area contributed by atoms with Crippen molar-refractivity contribution in [3.63, 3.8) is 0 Å². The van der Waals surface area contributed by atoms with Crippen LogP contribution in [0.2, 0.25) is 0 Å². The van der Waals surface area contributed by atoms with Crippen LogP contribution in [0.3, 0.4) is 0 Å². The molecule has 3 rings (SSSR count). The second-order valence-electron chi connectivity index (χ2n) is 6.74. The van der Waals surface area contributed by atoms with E-state index in [0.717, 1.165) is 24.0 Å². The molecule has 0 saturated carbocycles. The number of rotatable bonds is 5. The maximum atomic E-state index is 14.4. The van der Waals surface area contributed by atoms with E-state index in [9.17, 15) is 14.0 Å². The fourth-order valence-corrected chi connectivity index (χ4v) is 3.55. The van der Waals surface area contributed by atoms with Crippen LogP contribution in [0.4, 0.5) is 10.1 Å². The van der Waals surface area contributed by atoms with Crippen LogP contribution in [-0.2, 0) is 16.0 Å². The quantitative estimate of drug-likeness (QED) is 0.851. The Hall–Kier alpha value is -2.89. The Morgan fingerprint density at radius 1 is 1.19 bits per heavy atom. The Morgan fingerprint density at radius 3 is 2.63 bits per heavy atom. The van der Waals surface area contributed by atoms with E-state index in [1.165, 1.54) is 13.1 Å². The molecule has 0 aliphatic carbocycles. The molecule has 0 aromatic heterocycles. The van der Waals surface area contributed by atoms with E-state index in [0.29, 0.717) is 17.8 Å². The molecular weight excluding hydrogens is 345 g/mol. The largest absolute Gasteiger partial charge is 0.360 e. The zero-order valence-corrected chi connectivity index (χ0v) is 15.6. The summed E-state index contributed by atoms with van der Waals surface area (Å²) >= 11 is 0. The minimum absolute atomic E-state index is 0.00764. The molecule has 1 atom stereocenters. The van der Waals surface area contributed by atoms with E-state index in [1.807, 2.05) is 25.1 Å². The maximum Gasteiger partial charge on any atom is 0.246 e. The number of halogens is 1. The number of hydrogen-bond donors (Lipinski definition) is 2. The van der Waals surface area contributed by atoms with Crippen LogP contribution in [0, 0.1) is 12.7 Å². The summed E-state index contributed by atoms with van der Waals surface area (Å²) in [7, 11) is 1.53. The van der Waals surface area contributed by atoms with Gasteiger partial charge < -0.3 is 15.5 Å². The van der Waals surface area contributed by atoms with Crippen LogP contribution in [0.1, 0.15) is 29.2 Å². The van der Waals surface area contributed by atoms with Gasteiger partial charge in [-0.3, -0.25) is 9.59 Å². The molecule has 0 radical (unpaired) electrons. The van der Waals surface area contributed by atoms with Crippen LogP contribution < -0.4 is 15.5 Å². The summed E-state index contributed by atoms with van der Waals surface area (Å²) in [6.45, 7) is 2.57. The van der Waals surface area contributed by atoms with Gasteiger partial charge in [0.2, 0.25) is 11.8 Å². The van der Waals surface area contributed by atoms with Crippen molar-refractivity contribution < 1.29 is 14.0 Å².